The third kappa shape index (κ3) is 2.96. The van der Waals surface area contributed by atoms with Gasteiger partial charge in [-0.15, -0.1) is 0 Å². The first kappa shape index (κ1) is 13.4. The van der Waals surface area contributed by atoms with Crippen molar-refractivity contribution in [3.8, 4) is 0 Å². The fourth-order valence-corrected chi connectivity index (χ4v) is 3.14. The highest BCUT2D eigenvalue weighted by molar-refractivity contribution is 5.74. The number of carbonyl (C=O) groups excluding carboxylic acids is 1. The molecule has 3 rings (SSSR count). The van der Waals surface area contributed by atoms with Crippen molar-refractivity contribution in [1.82, 2.24) is 10.6 Å². The van der Waals surface area contributed by atoms with Crippen molar-refractivity contribution in [2.24, 2.45) is 0 Å². The van der Waals surface area contributed by atoms with Crippen molar-refractivity contribution in [2.45, 2.75) is 44.2 Å². The lowest BCUT2D eigenvalue weighted by atomic mass is 10.0. The molecule has 2 amide bonds. The number of urea groups is 1. The van der Waals surface area contributed by atoms with Gasteiger partial charge >= 0.3 is 6.03 Å². The lowest BCUT2D eigenvalue weighted by Crippen LogP contribution is -2.47. The summed E-state index contributed by atoms with van der Waals surface area (Å²) in [6.45, 7) is 3.45. The second-order valence-electron chi connectivity index (χ2n) is 6.10. The molecule has 1 atom stereocenters. The molecule has 1 aliphatic heterocycles. The minimum absolute atomic E-state index is 0.0838. The Morgan fingerprint density at radius 2 is 2.05 bits per heavy atom. The van der Waals surface area contributed by atoms with Crippen LogP contribution >= 0.6 is 0 Å². The fourth-order valence-electron chi connectivity index (χ4n) is 3.14. The molecule has 0 unspecified atom stereocenters. The van der Waals surface area contributed by atoms with Gasteiger partial charge < -0.3 is 15.4 Å². The highest BCUT2D eigenvalue weighted by Crippen LogP contribution is 2.24. The topological polar surface area (TPSA) is 50.4 Å². The number of ether oxygens (including phenoxy) is 1. The highest BCUT2D eigenvalue weighted by atomic mass is 16.5. The number of hydrogen-bond acceptors (Lipinski definition) is 2. The van der Waals surface area contributed by atoms with E-state index in [1.165, 1.54) is 11.1 Å². The van der Waals surface area contributed by atoms with E-state index in [0.29, 0.717) is 6.54 Å². The second kappa shape index (κ2) is 5.44. The Kier molecular flexibility index (Phi) is 3.66. The van der Waals surface area contributed by atoms with Crippen LogP contribution < -0.4 is 10.6 Å². The van der Waals surface area contributed by atoms with Crippen molar-refractivity contribution >= 4 is 6.03 Å². The normalized spacial score (nSPS) is 25.4. The lowest BCUT2D eigenvalue weighted by molar-refractivity contribution is 0.0228. The molecule has 1 aromatic rings. The quantitative estimate of drug-likeness (QED) is 0.886. The van der Waals surface area contributed by atoms with Gasteiger partial charge in [0.05, 0.1) is 5.60 Å². The van der Waals surface area contributed by atoms with E-state index in [1.807, 2.05) is 0 Å². The maximum absolute atomic E-state index is 12.0. The minimum Gasteiger partial charge on any atom is -0.373 e. The van der Waals surface area contributed by atoms with Gasteiger partial charge in [-0.1, -0.05) is 24.3 Å². The first-order chi connectivity index (χ1) is 9.65. The molecule has 1 aromatic carbocycles. The maximum atomic E-state index is 12.0. The van der Waals surface area contributed by atoms with Crippen LogP contribution in [0.5, 0.6) is 0 Å². The summed E-state index contributed by atoms with van der Waals surface area (Å²) < 4.78 is 5.67. The molecule has 108 valence electrons. The molecule has 1 aliphatic carbocycles. The van der Waals surface area contributed by atoms with Gasteiger partial charge in [-0.3, -0.25) is 0 Å². The molecule has 0 saturated carbocycles. The van der Waals surface area contributed by atoms with Crippen LogP contribution in [0.3, 0.4) is 0 Å². The Labute approximate surface area is 119 Å². The van der Waals surface area contributed by atoms with Crippen LogP contribution in [-0.4, -0.2) is 30.8 Å². The number of hydrogen-bond donors (Lipinski definition) is 2. The molecule has 1 fully saturated rings. The number of benzene rings is 1. The van der Waals surface area contributed by atoms with E-state index in [4.69, 9.17) is 4.74 Å². The third-order valence-corrected chi connectivity index (χ3v) is 4.31. The molecule has 4 nitrogen and oxygen atoms in total. The number of carbonyl (C=O) groups is 1. The van der Waals surface area contributed by atoms with Crippen molar-refractivity contribution in [1.29, 1.82) is 0 Å². The molecule has 2 N–H and O–H groups in total. The van der Waals surface area contributed by atoms with Crippen LogP contribution in [0.1, 0.15) is 30.9 Å². The minimum atomic E-state index is -0.185. The van der Waals surface area contributed by atoms with Gasteiger partial charge in [-0.25, -0.2) is 4.79 Å². The fraction of sp³-hybridized carbons (Fsp3) is 0.562. The molecule has 4 heteroatoms. The van der Waals surface area contributed by atoms with Gasteiger partial charge in [-0.2, -0.15) is 0 Å². The standard InChI is InChI=1S/C16H22N2O2/c1-16(7-4-8-20-16)11-17-15(19)18-14-9-12-5-2-3-6-13(12)10-14/h2-3,5-6,14H,4,7-11H2,1H3,(H2,17,18,19)/t16-/m1/s1. The van der Waals surface area contributed by atoms with Crippen LogP contribution in [0.2, 0.25) is 0 Å². The molecule has 1 heterocycles. The zero-order valence-corrected chi connectivity index (χ0v) is 11.9. The first-order valence-electron chi connectivity index (χ1n) is 7.40. The predicted octanol–water partition coefficient (Wildman–Crippen LogP) is 2.02. The van der Waals surface area contributed by atoms with E-state index in [-0.39, 0.29) is 17.7 Å². The number of rotatable bonds is 3. The summed E-state index contributed by atoms with van der Waals surface area (Å²) in [6, 6.07) is 8.52. The summed E-state index contributed by atoms with van der Waals surface area (Å²) in [5, 5.41) is 6.01. The second-order valence-corrected chi connectivity index (χ2v) is 6.10. The third-order valence-electron chi connectivity index (χ3n) is 4.31. The van der Waals surface area contributed by atoms with E-state index < -0.39 is 0 Å². The van der Waals surface area contributed by atoms with Crippen LogP contribution in [0.15, 0.2) is 24.3 Å². The zero-order valence-electron chi connectivity index (χ0n) is 11.9. The summed E-state index contributed by atoms with van der Waals surface area (Å²) in [6.07, 6.45) is 3.95. The summed E-state index contributed by atoms with van der Waals surface area (Å²) >= 11 is 0. The van der Waals surface area contributed by atoms with Crippen molar-refractivity contribution in [3.63, 3.8) is 0 Å². The van der Waals surface area contributed by atoms with E-state index in [1.54, 1.807) is 0 Å². The maximum Gasteiger partial charge on any atom is 0.315 e. The summed E-state index contributed by atoms with van der Waals surface area (Å²) in [5.74, 6) is 0. The number of nitrogens with one attached hydrogen (secondary N) is 2. The predicted molar refractivity (Wildman–Crippen MR) is 77.8 cm³/mol. The summed E-state index contributed by atoms with van der Waals surface area (Å²) in [4.78, 5) is 12.0. The van der Waals surface area contributed by atoms with Gasteiger partial charge in [0.1, 0.15) is 0 Å². The Morgan fingerprint density at radius 1 is 1.35 bits per heavy atom. The zero-order chi connectivity index (χ0) is 14.0. The molecule has 0 bridgehead atoms. The molecule has 20 heavy (non-hydrogen) atoms. The first-order valence-corrected chi connectivity index (χ1v) is 7.40. The van der Waals surface area contributed by atoms with Crippen molar-refractivity contribution in [2.75, 3.05) is 13.2 Å². The van der Waals surface area contributed by atoms with E-state index in [2.05, 4.69) is 41.8 Å². The number of amides is 2. The molecular weight excluding hydrogens is 252 g/mol. The van der Waals surface area contributed by atoms with E-state index in [0.717, 1.165) is 32.3 Å². The number of fused-ring (bicyclic) bond motifs is 1. The molecule has 0 spiro atoms. The average molecular weight is 274 g/mol. The SMILES string of the molecule is C[C@]1(CNC(=O)NC2Cc3ccccc3C2)CCCO1. The Balaban J connectivity index is 1.46. The van der Waals surface area contributed by atoms with Gasteiger partial charge in [0.2, 0.25) is 0 Å². The Hall–Kier alpha value is -1.55. The Morgan fingerprint density at radius 3 is 2.65 bits per heavy atom. The largest absolute Gasteiger partial charge is 0.373 e. The van der Waals surface area contributed by atoms with E-state index >= 15 is 0 Å². The van der Waals surface area contributed by atoms with E-state index in [9.17, 15) is 4.79 Å². The summed E-state index contributed by atoms with van der Waals surface area (Å²) in [5.41, 5.74) is 2.52. The van der Waals surface area contributed by atoms with Crippen LogP contribution in [0.25, 0.3) is 0 Å². The Bertz CT molecular complexity index is 470. The monoisotopic (exact) mass is 274 g/mol. The average Bonchev–Trinajstić information content (AvgIpc) is 3.03. The van der Waals surface area contributed by atoms with Gasteiger partial charge in [0.15, 0.2) is 0 Å². The lowest BCUT2D eigenvalue weighted by Gasteiger charge is -2.24. The molecule has 0 aromatic heterocycles. The van der Waals surface area contributed by atoms with Crippen molar-refractivity contribution in [3.05, 3.63) is 35.4 Å². The van der Waals surface area contributed by atoms with Gasteiger partial charge in [-0.05, 0) is 43.7 Å². The molecule has 1 saturated heterocycles. The smallest absolute Gasteiger partial charge is 0.315 e. The van der Waals surface area contributed by atoms with Crippen LogP contribution in [0, 0.1) is 0 Å². The molecular formula is C16H22N2O2. The van der Waals surface area contributed by atoms with Crippen molar-refractivity contribution < 1.29 is 9.53 Å². The van der Waals surface area contributed by atoms with Crippen LogP contribution in [-0.2, 0) is 17.6 Å². The van der Waals surface area contributed by atoms with Gasteiger partial charge in [0, 0.05) is 19.2 Å². The molecule has 0 radical (unpaired) electrons. The van der Waals surface area contributed by atoms with Gasteiger partial charge in [0.25, 0.3) is 0 Å². The highest BCUT2D eigenvalue weighted by Gasteiger charge is 2.30. The molecule has 2 aliphatic rings. The van der Waals surface area contributed by atoms with Crippen LogP contribution in [0.4, 0.5) is 4.79 Å². The summed E-state index contributed by atoms with van der Waals surface area (Å²) in [7, 11) is 0.